The van der Waals surface area contributed by atoms with Gasteiger partial charge in [-0.25, -0.2) is 0 Å². The Morgan fingerprint density at radius 2 is 1.56 bits per heavy atom. The largest absolute Gasteiger partial charge is 0.346 e. The first-order valence-electron chi connectivity index (χ1n) is 4.91. The van der Waals surface area contributed by atoms with Gasteiger partial charge >= 0.3 is 5.97 Å². The van der Waals surface area contributed by atoms with E-state index in [2.05, 4.69) is 0 Å². The van der Waals surface area contributed by atoms with Crippen LogP contribution in [0.3, 0.4) is 0 Å². The molecule has 1 rings (SSSR count). The Hall–Kier alpha value is -1.23. The summed E-state index contributed by atoms with van der Waals surface area (Å²) in [6.07, 6.45) is 0.205. The summed E-state index contributed by atoms with van der Waals surface area (Å²) in [5, 5.41) is 0. The van der Waals surface area contributed by atoms with Gasteiger partial charge in [-0.2, -0.15) is 0 Å². The molecule has 0 N–H and O–H groups in total. The number of ketones is 1. The molecule has 0 saturated carbocycles. The van der Waals surface area contributed by atoms with Crippen LogP contribution in [0.25, 0.3) is 0 Å². The summed E-state index contributed by atoms with van der Waals surface area (Å²) < 4.78 is 14.9. The third-order valence-electron chi connectivity index (χ3n) is 2.36. The molecule has 0 aliphatic heterocycles. The second-order valence-corrected chi connectivity index (χ2v) is 3.25. The molecule has 4 heteroatoms. The Morgan fingerprint density at radius 3 is 2.00 bits per heavy atom. The molecule has 0 bridgehead atoms. The van der Waals surface area contributed by atoms with Crippen molar-refractivity contribution in [3.63, 3.8) is 0 Å². The molecule has 0 aromatic heterocycles. The third-order valence-corrected chi connectivity index (χ3v) is 2.36. The number of hydrogen-bond acceptors (Lipinski definition) is 4. The van der Waals surface area contributed by atoms with Gasteiger partial charge in [-0.05, 0) is 5.56 Å². The molecule has 0 aliphatic rings. The lowest BCUT2D eigenvalue weighted by atomic mass is 10.1. The summed E-state index contributed by atoms with van der Waals surface area (Å²) in [5.41, 5.74) is 0.892. The van der Waals surface area contributed by atoms with Gasteiger partial charge in [0.05, 0.1) is 0 Å². The standard InChI is InChI=1S/C12H16O4/c1-14-12(15-2,16-3)11(13)9-10-7-5-4-6-8-10/h4-8H,9H2,1-3H3. The molecular formula is C12H16O4. The first-order valence-corrected chi connectivity index (χ1v) is 4.91. The highest BCUT2D eigenvalue weighted by Crippen LogP contribution is 2.16. The van der Waals surface area contributed by atoms with Crippen LogP contribution in [0.2, 0.25) is 0 Å². The smallest absolute Gasteiger partial charge is 0.325 e. The van der Waals surface area contributed by atoms with Crippen LogP contribution in [0, 0.1) is 0 Å². The maximum atomic E-state index is 12.0. The van der Waals surface area contributed by atoms with Crippen molar-refractivity contribution in [1.82, 2.24) is 0 Å². The third kappa shape index (κ3) is 2.66. The van der Waals surface area contributed by atoms with Gasteiger partial charge in [0.15, 0.2) is 0 Å². The Balaban J connectivity index is 2.78. The molecule has 0 unspecified atom stereocenters. The molecule has 0 amide bonds. The number of hydrogen-bond donors (Lipinski definition) is 0. The molecule has 0 spiro atoms. The Morgan fingerprint density at radius 1 is 1.06 bits per heavy atom. The number of Topliss-reactive ketones (excluding diaryl/α,β-unsaturated/α-hetero) is 1. The molecule has 0 radical (unpaired) electrons. The Bertz CT molecular complexity index is 322. The number of methoxy groups -OCH3 is 3. The zero-order valence-corrected chi connectivity index (χ0v) is 9.73. The van der Waals surface area contributed by atoms with Crippen LogP contribution in [0.15, 0.2) is 30.3 Å². The first-order chi connectivity index (χ1) is 7.68. The van der Waals surface area contributed by atoms with Crippen molar-refractivity contribution in [2.75, 3.05) is 21.3 Å². The maximum Gasteiger partial charge on any atom is 0.346 e. The van der Waals surface area contributed by atoms with Gasteiger partial charge < -0.3 is 14.2 Å². The minimum absolute atomic E-state index is 0.205. The molecule has 0 atom stereocenters. The van der Waals surface area contributed by atoms with Gasteiger partial charge in [-0.3, -0.25) is 4.79 Å². The number of ether oxygens (including phenoxy) is 3. The molecule has 0 aliphatic carbocycles. The van der Waals surface area contributed by atoms with Crippen LogP contribution in [0.1, 0.15) is 5.56 Å². The van der Waals surface area contributed by atoms with E-state index in [0.29, 0.717) is 0 Å². The van der Waals surface area contributed by atoms with Crippen molar-refractivity contribution >= 4 is 5.78 Å². The van der Waals surface area contributed by atoms with Crippen LogP contribution < -0.4 is 0 Å². The van der Waals surface area contributed by atoms with Crippen LogP contribution in [-0.4, -0.2) is 33.1 Å². The quantitative estimate of drug-likeness (QED) is 0.685. The second kappa shape index (κ2) is 5.75. The highest BCUT2D eigenvalue weighted by Gasteiger charge is 2.38. The van der Waals surface area contributed by atoms with Crippen molar-refractivity contribution in [1.29, 1.82) is 0 Å². The fraction of sp³-hybridized carbons (Fsp3) is 0.417. The normalized spacial score (nSPS) is 11.4. The van der Waals surface area contributed by atoms with E-state index >= 15 is 0 Å². The average molecular weight is 224 g/mol. The fourth-order valence-electron chi connectivity index (χ4n) is 1.48. The lowest BCUT2D eigenvalue weighted by molar-refractivity contribution is -0.325. The summed E-state index contributed by atoms with van der Waals surface area (Å²) >= 11 is 0. The van der Waals surface area contributed by atoms with Crippen molar-refractivity contribution < 1.29 is 19.0 Å². The van der Waals surface area contributed by atoms with Gasteiger partial charge in [0.25, 0.3) is 0 Å². The van der Waals surface area contributed by atoms with E-state index in [9.17, 15) is 4.79 Å². The van der Waals surface area contributed by atoms with Crippen LogP contribution in [-0.2, 0) is 25.4 Å². The average Bonchev–Trinajstić information content (AvgIpc) is 2.33. The summed E-state index contributed by atoms with van der Waals surface area (Å²) in [4.78, 5) is 12.0. The van der Waals surface area contributed by atoms with Crippen LogP contribution in [0.5, 0.6) is 0 Å². The zero-order chi connectivity index (χ0) is 12.0. The van der Waals surface area contributed by atoms with Gasteiger partial charge in [0.2, 0.25) is 5.78 Å². The van der Waals surface area contributed by atoms with E-state index in [1.165, 1.54) is 21.3 Å². The van der Waals surface area contributed by atoms with Crippen molar-refractivity contribution in [3.8, 4) is 0 Å². The predicted molar refractivity (Wildman–Crippen MR) is 58.9 cm³/mol. The highest BCUT2D eigenvalue weighted by atomic mass is 16.9. The molecule has 16 heavy (non-hydrogen) atoms. The van der Waals surface area contributed by atoms with Gasteiger partial charge in [0.1, 0.15) is 0 Å². The SMILES string of the molecule is COC(OC)(OC)C(=O)Cc1ccccc1. The lowest BCUT2D eigenvalue weighted by Gasteiger charge is -2.26. The molecule has 88 valence electrons. The predicted octanol–water partition coefficient (Wildman–Crippen LogP) is 1.39. The monoisotopic (exact) mass is 224 g/mol. The van der Waals surface area contributed by atoms with E-state index in [-0.39, 0.29) is 12.2 Å². The van der Waals surface area contributed by atoms with E-state index < -0.39 is 5.97 Å². The lowest BCUT2D eigenvalue weighted by Crippen LogP contribution is -2.45. The Kier molecular flexibility index (Phi) is 4.61. The number of carbonyl (C=O) groups is 1. The van der Waals surface area contributed by atoms with Gasteiger partial charge in [0, 0.05) is 27.8 Å². The minimum Gasteiger partial charge on any atom is -0.325 e. The van der Waals surface area contributed by atoms with Crippen LogP contribution in [0.4, 0.5) is 0 Å². The summed E-state index contributed by atoms with van der Waals surface area (Å²) in [6, 6.07) is 9.37. The van der Waals surface area contributed by atoms with Gasteiger partial charge in [-0.1, -0.05) is 30.3 Å². The number of rotatable bonds is 6. The summed E-state index contributed by atoms with van der Waals surface area (Å²) in [5.74, 6) is -1.87. The maximum absolute atomic E-state index is 12.0. The number of carbonyl (C=O) groups excluding carboxylic acids is 1. The van der Waals surface area contributed by atoms with Gasteiger partial charge in [-0.15, -0.1) is 0 Å². The van der Waals surface area contributed by atoms with Crippen molar-refractivity contribution in [2.24, 2.45) is 0 Å². The highest BCUT2D eigenvalue weighted by molar-refractivity contribution is 5.86. The molecule has 0 fully saturated rings. The molecule has 1 aromatic carbocycles. The minimum atomic E-state index is -1.60. The second-order valence-electron chi connectivity index (χ2n) is 3.25. The number of benzene rings is 1. The van der Waals surface area contributed by atoms with E-state index in [1.807, 2.05) is 30.3 Å². The Labute approximate surface area is 95.1 Å². The van der Waals surface area contributed by atoms with Crippen molar-refractivity contribution in [3.05, 3.63) is 35.9 Å². The molecular weight excluding hydrogens is 208 g/mol. The van der Waals surface area contributed by atoms with E-state index in [0.717, 1.165) is 5.56 Å². The molecule has 0 saturated heterocycles. The molecule has 1 aromatic rings. The fourth-order valence-corrected chi connectivity index (χ4v) is 1.48. The first kappa shape index (κ1) is 12.8. The molecule has 4 nitrogen and oxygen atoms in total. The van der Waals surface area contributed by atoms with Crippen LogP contribution >= 0.6 is 0 Å². The zero-order valence-electron chi connectivity index (χ0n) is 9.73. The summed E-state index contributed by atoms with van der Waals surface area (Å²) in [7, 11) is 4.11. The van der Waals surface area contributed by atoms with Crippen molar-refractivity contribution in [2.45, 2.75) is 12.4 Å². The van der Waals surface area contributed by atoms with E-state index in [1.54, 1.807) is 0 Å². The van der Waals surface area contributed by atoms with E-state index in [4.69, 9.17) is 14.2 Å². The molecule has 0 heterocycles. The topological polar surface area (TPSA) is 44.8 Å². The summed E-state index contributed by atoms with van der Waals surface area (Å²) in [6.45, 7) is 0.